The molecule has 1 aromatic heterocycles. The molecule has 24 heavy (non-hydrogen) atoms. The molecule has 0 spiro atoms. The average molecular weight is 323 g/mol. The van der Waals surface area contributed by atoms with Crippen LogP contribution in [0.1, 0.15) is 11.1 Å². The first-order valence-electron chi connectivity index (χ1n) is 7.50. The number of nitrogens with two attached hydrogens (primary N) is 1. The fraction of sp³-hybridized carbons (Fsp3) is 0.111. The summed E-state index contributed by atoms with van der Waals surface area (Å²) < 4.78 is 13.0. The highest BCUT2D eigenvalue weighted by atomic mass is 19.1. The number of aromatic nitrogens is 2. The Balaban J connectivity index is 1.88. The van der Waals surface area contributed by atoms with E-state index in [4.69, 9.17) is 5.73 Å². The van der Waals surface area contributed by atoms with Crippen molar-refractivity contribution in [2.24, 2.45) is 0 Å². The van der Waals surface area contributed by atoms with E-state index in [1.807, 2.05) is 32.0 Å². The summed E-state index contributed by atoms with van der Waals surface area (Å²) in [5.74, 6) is 0.682. The molecule has 122 valence electrons. The number of hydrogen-bond donors (Lipinski definition) is 3. The highest BCUT2D eigenvalue weighted by Crippen LogP contribution is 2.29. The molecule has 1 heterocycles. The number of rotatable bonds is 4. The largest absolute Gasteiger partial charge is 0.393 e. The van der Waals surface area contributed by atoms with Gasteiger partial charge in [-0.05, 0) is 55.3 Å². The van der Waals surface area contributed by atoms with Gasteiger partial charge in [0, 0.05) is 11.4 Å². The van der Waals surface area contributed by atoms with Crippen molar-refractivity contribution < 1.29 is 4.39 Å². The average Bonchev–Trinajstić information content (AvgIpc) is 2.56. The summed E-state index contributed by atoms with van der Waals surface area (Å²) in [6.45, 7) is 4.03. The molecule has 2 aromatic carbocycles. The number of halogens is 1. The summed E-state index contributed by atoms with van der Waals surface area (Å²) >= 11 is 0. The molecule has 5 nitrogen and oxygen atoms in total. The van der Waals surface area contributed by atoms with Crippen LogP contribution < -0.4 is 16.4 Å². The standard InChI is InChI=1S/C18H18FN5/c1-11-3-4-12(2)15(9-11)24-18-16(20)17(21-10-22-18)23-14-7-5-13(19)6-8-14/h3-10H,20H2,1-2H3,(H2,21,22,23,24). The monoisotopic (exact) mass is 323 g/mol. The van der Waals surface area contributed by atoms with E-state index in [2.05, 4.69) is 20.6 Å². The number of nitrogens with zero attached hydrogens (tertiary/aromatic N) is 2. The highest BCUT2D eigenvalue weighted by Gasteiger charge is 2.10. The van der Waals surface area contributed by atoms with Gasteiger partial charge in [-0.2, -0.15) is 0 Å². The normalized spacial score (nSPS) is 10.5. The van der Waals surface area contributed by atoms with Crippen molar-refractivity contribution in [3.63, 3.8) is 0 Å². The Morgan fingerprint density at radius 2 is 1.58 bits per heavy atom. The molecular formula is C18H18FN5. The molecule has 0 aliphatic heterocycles. The zero-order valence-electron chi connectivity index (χ0n) is 13.5. The fourth-order valence-electron chi connectivity index (χ4n) is 2.26. The number of hydrogen-bond acceptors (Lipinski definition) is 5. The molecular weight excluding hydrogens is 305 g/mol. The minimum Gasteiger partial charge on any atom is -0.393 e. The lowest BCUT2D eigenvalue weighted by Crippen LogP contribution is -2.06. The quantitative estimate of drug-likeness (QED) is 0.667. The number of anilines is 5. The molecule has 0 saturated heterocycles. The van der Waals surface area contributed by atoms with Gasteiger partial charge in [0.15, 0.2) is 11.6 Å². The third kappa shape index (κ3) is 3.43. The van der Waals surface area contributed by atoms with E-state index in [-0.39, 0.29) is 5.82 Å². The van der Waals surface area contributed by atoms with Crippen LogP contribution in [-0.2, 0) is 0 Å². The Bertz CT molecular complexity index is 862. The van der Waals surface area contributed by atoms with Gasteiger partial charge in [0.25, 0.3) is 0 Å². The van der Waals surface area contributed by atoms with Crippen molar-refractivity contribution in [3.05, 3.63) is 65.7 Å². The first-order valence-corrected chi connectivity index (χ1v) is 7.50. The molecule has 0 amide bonds. The molecule has 0 radical (unpaired) electrons. The van der Waals surface area contributed by atoms with Gasteiger partial charge < -0.3 is 16.4 Å². The SMILES string of the molecule is Cc1ccc(C)c(Nc2ncnc(Nc3ccc(F)cc3)c2N)c1. The Kier molecular flexibility index (Phi) is 4.29. The zero-order chi connectivity index (χ0) is 17.1. The Labute approximate surface area is 139 Å². The van der Waals surface area contributed by atoms with E-state index in [9.17, 15) is 4.39 Å². The van der Waals surface area contributed by atoms with E-state index in [1.165, 1.54) is 18.5 Å². The smallest absolute Gasteiger partial charge is 0.159 e. The predicted octanol–water partition coefficient (Wildman–Crippen LogP) is 4.30. The molecule has 6 heteroatoms. The fourth-order valence-corrected chi connectivity index (χ4v) is 2.26. The number of aryl methyl sites for hydroxylation is 2. The summed E-state index contributed by atoms with van der Waals surface area (Å²) in [6.07, 6.45) is 1.43. The van der Waals surface area contributed by atoms with Crippen LogP contribution in [0.4, 0.5) is 33.1 Å². The maximum absolute atomic E-state index is 13.0. The van der Waals surface area contributed by atoms with E-state index in [0.717, 1.165) is 16.8 Å². The van der Waals surface area contributed by atoms with E-state index < -0.39 is 0 Å². The Morgan fingerprint density at radius 3 is 2.29 bits per heavy atom. The van der Waals surface area contributed by atoms with Gasteiger partial charge in [0.2, 0.25) is 0 Å². The van der Waals surface area contributed by atoms with Crippen molar-refractivity contribution in [1.82, 2.24) is 9.97 Å². The Hall–Kier alpha value is -3.15. The second kappa shape index (κ2) is 6.54. The van der Waals surface area contributed by atoms with Crippen molar-refractivity contribution in [3.8, 4) is 0 Å². The minimum absolute atomic E-state index is 0.298. The van der Waals surface area contributed by atoms with Crippen LogP contribution in [0.2, 0.25) is 0 Å². The maximum atomic E-state index is 13.0. The van der Waals surface area contributed by atoms with Crippen LogP contribution in [0, 0.1) is 19.7 Å². The van der Waals surface area contributed by atoms with Crippen molar-refractivity contribution in [1.29, 1.82) is 0 Å². The maximum Gasteiger partial charge on any atom is 0.159 e. The van der Waals surface area contributed by atoms with Gasteiger partial charge in [-0.15, -0.1) is 0 Å². The van der Waals surface area contributed by atoms with Gasteiger partial charge in [0.05, 0.1) is 0 Å². The highest BCUT2D eigenvalue weighted by molar-refractivity contribution is 5.80. The summed E-state index contributed by atoms with van der Waals surface area (Å²) in [5.41, 5.74) is 10.4. The molecule has 0 fully saturated rings. The molecule has 0 bridgehead atoms. The number of nitrogens with one attached hydrogen (secondary N) is 2. The summed E-state index contributed by atoms with van der Waals surface area (Å²) in [7, 11) is 0. The lowest BCUT2D eigenvalue weighted by atomic mass is 10.1. The van der Waals surface area contributed by atoms with Crippen LogP contribution in [-0.4, -0.2) is 9.97 Å². The third-order valence-electron chi connectivity index (χ3n) is 3.64. The van der Waals surface area contributed by atoms with Gasteiger partial charge >= 0.3 is 0 Å². The molecule has 4 N–H and O–H groups in total. The lowest BCUT2D eigenvalue weighted by Gasteiger charge is -2.14. The van der Waals surface area contributed by atoms with Crippen molar-refractivity contribution in [2.75, 3.05) is 16.4 Å². The first kappa shape index (κ1) is 15.7. The molecule has 0 atom stereocenters. The predicted molar refractivity (Wildman–Crippen MR) is 95.3 cm³/mol. The van der Waals surface area contributed by atoms with Gasteiger partial charge in [-0.1, -0.05) is 12.1 Å². The third-order valence-corrected chi connectivity index (χ3v) is 3.64. The second-order valence-corrected chi connectivity index (χ2v) is 5.56. The Morgan fingerprint density at radius 1 is 0.917 bits per heavy atom. The van der Waals surface area contributed by atoms with Crippen LogP contribution in [0.5, 0.6) is 0 Å². The van der Waals surface area contributed by atoms with Crippen LogP contribution in [0.3, 0.4) is 0 Å². The minimum atomic E-state index is -0.298. The lowest BCUT2D eigenvalue weighted by molar-refractivity contribution is 0.628. The number of benzene rings is 2. The van der Waals surface area contributed by atoms with Crippen molar-refractivity contribution in [2.45, 2.75) is 13.8 Å². The van der Waals surface area contributed by atoms with E-state index in [1.54, 1.807) is 12.1 Å². The molecule has 0 unspecified atom stereocenters. The van der Waals surface area contributed by atoms with Gasteiger partial charge in [-0.25, -0.2) is 14.4 Å². The molecule has 3 aromatic rings. The zero-order valence-corrected chi connectivity index (χ0v) is 13.5. The van der Waals surface area contributed by atoms with Gasteiger partial charge in [0.1, 0.15) is 17.8 Å². The molecule has 0 saturated carbocycles. The molecule has 0 aliphatic carbocycles. The van der Waals surface area contributed by atoms with Crippen LogP contribution in [0.25, 0.3) is 0 Å². The summed E-state index contributed by atoms with van der Waals surface area (Å²) in [4.78, 5) is 8.37. The number of nitrogen functional groups attached to an aromatic ring is 1. The van der Waals surface area contributed by atoms with Crippen LogP contribution >= 0.6 is 0 Å². The van der Waals surface area contributed by atoms with E-state index >= 15 is 0 Å². The molecule has 0 aliphatic rings. The van der Waals surface area contributed by atoms with Crippen molar-refractivity contribution >= 4 is 28.7 Å². The van der Waals surface area contributed by atoms with Gasteiger partial charge in [-0.3, -0.25) is 0 Å². The summed E-state index contributed by atoms with van der Waals surface area (Å²) in [6, 6.07) is 12.1. The topological polar surface area (TPSA) is 75.9 Å². The van der Waals surface area contributed by atoms with E-state index in [0.29, 0.717) is 23.0 Å². The molecule has 3 rings (SSSR count). The van der Waals surface area contributed by atoms with Crippen LogP contribution in [0.15, 0.2) is 48.8 Å². The summed E-state index contributed by atoms with van der Waals surface area (Å²) in [5, 5.41) is 6.31. The first-order chi connectivity index (χ1) is 11.5. The second-order valence-electron chi connectivity index (χ2n) is 5.56.